The first-order chi connectivity index (χ1) is 7.96. The van der Waals surface area contributed by atoms with Gasteiger partial charge in [0.25, 0.3) is 10.2 Å². The Bertz CT molecular complexity index is 458. The van der Waals surface area contributed by atoms with E-state index in [1.807, 2.05) is 0 Å². The standard InChI is InChI=1S/C9H14ClN3O3S/c1-16-6-5-12-17(14,15)13-9-7(10)3-2-4-8(9)11/h2-4,12-13H,5-6,11H2,1H3. The Kier molecular flexibility index (Phi) is 5.01. The van der Waals surface area contributed by atoms with Gasteiger partial charge in [0.2, 0.25) is 0 Å². The molecule has 0 aliphatic rings. The summed E-state index contributed by atoms with van der Waals surface area (Å²) < 4.78 is 32.5. The molecule has 0 saturated carbocycles. The Morgan fingerprint density at radius 2 is 2.18 bits per heavy atom. The number of ether oxygens (including phenoxy) is 1. The molecule has 0 atom stereocenters. The fraction of sp³-hybridized carbons (Fsp3) is 0.333. The fourth-order valence-electron chi connectivity index (χ4n) is 1.10. The SMILES string of the molecule is COCCNS(=O)(=O)Nc1c(N)cccc1Cl. The van der Waals surface area contributed by atoms with Gasteiger partial charge in [-0.25, -0.2) is 0 Å². The van der Waals surface area contributed by atoms with Gasteiger partial charge >= 0.3 is 0 Å². The predicted molar refractivity (Wildman–Crippen MR) is 68.3 cm³/mol. The van der Waals surface area contributed by atoms with E-state index < -0.39 is 10.2 Å². The summed E-state index contributed by atoms with van der Waals surface area (Å²) in [6, 6.07) is 4.73. The van der Waals surface area contributed by atoms with E-state index in [4.69, 9.17) is 22.1 Å². The summed E-state index contributed by atoms with van der Waals surface area (Å²) in [5.41, 5.74) is 6.04. The quantitative estimate of drug-likeness (QED) is 0.531. The molecule has 1 aromatic rings. The molecular formula is C9H14ClN3O3S. The maximum atomic E-state index is 11.6. The number of anilines is 2. The number of nitrogens with one attached hydrogen (secondary N) is 2. The Balaban J connectivity index is 2.76. The largest absolute Gasteiger partial charge is 0.397 e. The summed E-state index contributed by atoms with van der Waals surface area (Å²) >= 11 is 5.84. The molecule has 0 spiro atoms. The topological polar surface area (TPSA) is 93.4 Å². The molecular weight excluding hydrogens is 266 g/mol. The van der Waals surface area contributed by atoms with E-state index in [1.165, 1.54) is 7.11 Å². The molecule has 0 saturated heterocycles. The van der Waals surface area contributed by atoms with Crippen LogP contribution < -0.4 is 15.2 Å². The van der Waals surface area contributed by atoms with Gasteiger partial charge in [0.05, 0.1) is 23.0 Å². The molecule has 0 aliphatic carbocycles. The first-order valence-electron chi connectivity index (χ1n) is 4.76. The van der Waals surface area contributed by atoms with Crippen molar-refractivity contribution in [3.05, 3.63) is 23.2 Å². The van der Waals surface area contributed by atoms with Crippen LogP contribution in [0, 0.1) is 0 Å². The smallest absolute Gasteiger partial charge is 0.299 e. The first-order valence-corrected chi connectivity index (χ1v) is 6.62. The number of rotatable bonds is 6. The van der Waals surface area contributed by atoms with Crippen molar-refractivity contribution >= 4 is 33.2 Å². The highest BCUT2D eigenvalue weighted by molar-refractivity contribution is 7.90. The van der Waals surface area contributed by atoms with Crippen LogP contribution in [0.2, 0.25) is 5.02 Å². The second-order valence-corrected chi connectivity index (χ2v) is 5.10. The highest BCUT2D eigenvalue weighted by Gasteiger charge is 2.13. The van der Waals surface area contributed by atoms with Gasteiger partial charge in [0.1, 0.15) is 0 Å². The molecule has 0 amide bonds. The van der Waals surface area contributed by atoms with E-state index in [0.29, 0.717) is 0 Å². The van der Waals surface area contributed by atoms with Crippen LogP contribution in [-0.2, 0) is 14.9 Å². The molecule has 0 aliphatic heterocycles. The number of methoxy groups -OCH3 is 1. The van der Waals surface area contributed by atoms with Gasteiger partial charge in [0, 0.05) is 13.7 Å². The van der Waals surface area contributed by atoms with Gasteiger partial charge in [0.15, 0.2) is 0 Å². The lowest BCUT2D eigenvalue weighted by Gasteiger charge is -2.12. The van der Waals surface area contributed by atoms with Crippen LogP contribution in [0.3, 0.4) is 0 Å². The van der Waals surface area contributed by atoms with E-state index in [0.717, 1.165) is 0 Å². The molecule has 96 valence electrons. The maximum absolute atomic E-state index is 11.6. The Morgan fingerprint density at radius 3 is 2.76 bits per heavy atom. The molecule has 8 heteroatoms. The highest BCUT2D eigenvalue weighted by atomic mass is 35.5. The van der Waals surface area contributed by atoms with Gasteiger partial charge in [-0.1, -0.05) is 17.7 Å². The lowest BCUT2D eigenvalue weighted by Crippen LogP contribution is -2.32. The van der Waals surface area contributed by atoms with Crippen molar-refractivity contribution in [1.29, 1.82) is 0 Å². The number of hydrogen-bond donors (Lipinski definition) is 3. The average molecular weight is 280 g/mol. The minimum atomic E-state index is -3.70. The van der Waals surface area contributed by atoms with Gasteiger partial charge < -0.3 is 10.5 Å². The number of para-hydroxylation sites is 1. The minimum absolute atomic E-state index is 0.163. The molecule has 0 radical (unpaired) electrons. The zero-order valence-electron chi connectivity index (χ0n) is 9.23. The molecule has 1 rings (SSSR count). The monoisotopic (exact) mass is 279 g/mol. The number of nitrogens with two attached hydrogens (primary N) is 1. The van der Waals surface area contributed by atoms with Crippen molar-refractivity contribution in [1.82, 2.24) is 4.72 Å². The van der Waals surface area contributed by atoms with Crippen molar-refractivity contribution in [2.75, 3.05) is 30.7 Å². The van der Waals surface area contributed by atoms with Crippen molar-refractivity contribution in [3.63, 3.8) is 0 Å². The minimum Gasteiger partial charge on any atom is -0.397 e. The van der Waals surface area contributed by atoms with Crippen molar-refractivity contribution < 1.29 is 13.2 Å². The third-order valence-corrected chi connectivity index (χ3v) is 3.25. The van der Waals surface area contributed by atoms with Gasteiger partial charge in [-0.2, -0.15) is 13.1 Å². The van der Waals surface area contributed by atoms with E-state index in [-0.39, 0.29) is 29.5 Å². The molecule has 4 N–H and O–H groups in total. The Morgan fingerprint density at radius 1 is 1.47 bits per heavy atom. The molecule has 17 heavy (non-hydrogen) atoms. The van der Waals surface area contributed by atoms with Crippen LogP contribution in [0.1, 0.15) is 0 Å². The summed E-state index contributed by atoms with van der Waals surface area (Å²) in [7, 11) is -2.22. The Hall–Kier alpha value is -1.02. The zero-order valence-corrected chi connectivity index (χ0v) is 10.8. The van der Waals surface area contributed by atoms with Gasteiger partial charge in [-0.15, -0.1) is 0 Å². The molecule has 0 bridgehead atoms. The second kappa shape index (κ2) is 6.06. The van der Waals surface area contributed by atoms with Gasteiger partial charge in [-0.3, -0.25) is 4.72 Å². The number of nitrogen functional groups attached to an aromatic ring is 1. The number of benzene rings is 1. The predicted octanol–water partition coefficient (Wildman–Crippen LogP) is 0.815. The summed E-state index contributed by atoms with van der Waals surface area (Å²) in [5.74, 6) is 0. The van der Waals surface area contributed by atoms with E-state index in [2.05, 4.69) is 9.44 Å². The molecule has 0 fully saturated rings. The number of hydrogen-bond acceptors (Lipinski definition) is 4. The van der Waals surface area contributed by atoms with Crippen molar-refractivity contribution in [2.24, 2.45) is 0 Å². The van der Waals surface area contributed by atoms with E-state index >= 15 is 0 Å². The second-order valence-electron chi connectivity index (χ2n) is 3.20. The average Bonchev–Trinajstić information content (AvgIpc) is 2.24. The van der Waals surface area contributed by atoms with Crippen molar-refractivity contribution in [2.45, 2.75) is 0 Å². The molecule has 6 nitrogen and oxygen atoms in total. The first kappa shape index (κ1) is 14.0. The Labute approximate surface area is 105 Å². The summed E-state index contributed by atoms with van der Waals surface area (Å²) in [4.78, 5) is 0. The van der Waals surface area contributed by atoms with Crippen LogP contribution in [0.5, 0.6) is 0 Å². The molecule has 0 unspecified atom stereocenters. The summed E-state index contributed by atoms with van der Waals surface area (Å²) in [6.45, 7) is 0.440. The summed E-state index contributed by atoms with van der Waals surface area (Å²) in [6.07, 6.45) is 0. The zero-order chi connectivity index (χ0) is 12.9. The van der Waals surface area contributed by atoms with Crippen LogP contribution in [0.15, 0.2) is 18.2 Å². The maximum Gasteiger partial charge on any atom is 0.299 e. The third-order valence-electron chi connectivity index (χ3n) is 1.88. The van der Waals surface area contributed by atoms with Crippen molar-refractivity contribution in [3.8, 4) is 0 Å². The van der Waals surface area contributed by atoms with Crippen LogP contribution in [0.25, 0.3) is 0 Å². The molecule has 1 aromatic carbocycles. The fourth-order valence-corrected chi connectivity index (χ4v) is 2.30. The van der Waals surface area contributed by atoms with E-state index in [9.17, 15) is 8.42 Å². The number of halogens is 1. The lowest BCUT2D eigenvalue weighted by atomic mass is 10.3. The van der Waals surface area contributed by atoms with Gasteiger partial charge in [-0.05, 0) is 12.1 Å². The normalized spacial score (nSPS) is 11.4. The van der Waals surface area contributed by atoms with Crippen LogP contribution >= 0.6 is 11.6 Å². The van der Waals surface area contributed by atoms with Crippen LogP contribution in [-0.4, -0.2) is 28.7 Å². The lowest BCUT2D eigenvalue weighted by molar-refractivity contribution is 0.204. The highest BCUT2D eigenvalue weighted by Crippen LogP contribution is 2.28. The molecule has 0 aromatic heterocycles. The summed E-state index contributed by atoms with van der Waals surface area (Å²) in [5, 5.41) is 0.238. The third kappa shape index (κ3) is 4.39. The molecule has 0 heterocycles. The van der Waals surface area contributed by atoms with Crippen LogP contribution in [0.4, 0.5) is 11.4 Å². The van der Waals surface area contributed by atoms with E-state index in [1.54, 1.807) is 18.2 Å².